The quantitative estimate of drug-likeness (QED) is 0.689. The van der Waals surface area contributed by atoms with E-state index in [1.54, 1.807) is 11.3 Å². The molecule has 0 amide bonds. The second-order valence-electron chi connectivity index (χ2n) is 4.03. The molecule has 0 unspecified atom stereocenters. The third kappa shape index (κ3) is 3.32. The number of ether oxygens (including phenoxy) is 1. The second kappa shape index (κ2) is 5.84. The molecule has 3 nitrogen and oxygen atoms in total. The molecule has 1 aromatic heterocycles. The van der Waals surface area contributed by atoms with Crippen molar-refractivity contribution in [3.05, 3.63) is 51.5 Å². The molecule has 0 radical (unpaired) electrons. The number of rotatable bonds is 4. The number of nitrogens with two attached hydrogens (primary N) is 1. The summed E-state index contributed by atoms with van der Waals surface area (Å²) in [5.74, 6) is -1.12. The van der Waals surface area contributed by atoms with Gasteiger partial charge < -0.3 is 10.5 Å². The summed E-state index contributed by atoms with van der Waals surface area (Å²) in [6.45, 7) is 2.24. The molecule has 2 aromatic rings. The van der Waals surface area contributed by atoms with Crippen LogP contribution in [-0.4, -0.2) is 5.97 Å². The molecule has 0 fully saturated rings. The van der Waals surface area contributed by atoms with Gasteiger partial charge in [0.15, 0.2) is 0 Å². The van der Waals surface area contributed by atoms with Gasteiger partial charge in [0.05, 0.1) is 5.56 Å². The van der Waals surface area contributed by atoms with Gasteiger partial charge in [-0.15, -0.1) is 11.3 Å². The highest BCUT2D eigenvalue weighted by atomic mass is 32.1. The number of halogens is 1. The molecule has 1 heterocycles. The van der Waals surface area contributed by atoms with Gasteiger partial charge in [0.1, 0.15) is 12.4 Å². The average Bonchev–Trinajstić information content (AvgIpc) is 2.87. The van der Waals surface area contributed by atoms with E-state index in [4.69, 9.17) is 10.5 Å². The first-order valence-corrected chi connectivity index (χ1v) is 6.71. The molecule has 0 aliphatic heterocycles. The van der Waals surface area contributed by atoms with Crippen molar-refractivity contribution in [2.45, 2.75) is 20.0 Å². The highest BCUT2D eigenvalue weighted by molar-refractivity contribution is 7.11. The van der Waals surface area contributed by atoms with Crippen LogP contribution in [0.3, 0.4) is 0 Å². The highest BCUT2D eigenvalue weighted by Gasteiger charge is 2.13. The summed E-state index contributed by atoms with van der Waals surface area (Å²) >= 11 is 1.59. The first-order chi connectivity index (χ1) is 9.10. The lowest BCUT2D eigenvalue weighted by Crippen LogP contribution is -2.08. The topological polar surface area (TPSA) is 52.3 Å². The van der Waals surface area contributed by atoms with E-state index in [1.807, 2.05) is 12.1 Å². The standard InChI is InChI=1S/C14H14FNO2S/c1-2-10-4-5-11(19-10)8-18-14(17)12-7-9(15)3-6-13(12)16/h3-7H,2,8,16H2,1H3. The van der Waals surface area contributed by atoms with Crippen LogP contribution in [0, 0.1) is 5.82 Å². The van der Waals surface area contributed by atoms with Crippen LogP contribution in [0.4, 0.5) is 10.1 Å². The first kappa shape index (κ1) is 13.5. The number of nitrogen functional groups attached to an aromatic ring is 1. The van der Waals surface area contributed by atoms with Gasteiger partial charge in [-0.3, -0.25) is 0 Å². The Labute approximate surface area is 114 Å². The molecule has 0 saturated heterocycles. The first-order valence-electron chi connectivity index (χ1n) is 5.90. The molecular weight excluding hydrogens is 265 g/mol. The minimum atomic E-state index is -0.608. The van der Waals surface area contributed by atoms with Crippen LogP contribution in [0.25, 0.3) is 0 Å². The van der Waals surface area contributed by atoms with E-state index in [0.29, 0.717) is 0 Å². The summed E-state index contributed by atoms with van der Waals surface area (Å²) < 4.78 is 18.2. The predicted molar refractivity (Wildman–Crippen MR) is 73.6 cm³/mol. The zero-order chi connectivity index (χ0) is 13.8. The van der Waals surface area contributed by atoms with Crippen molar-refractivity contribution in [1.82, 2.24) is 0 Å². The highest BCUT2D eigenvalue weighted by Crippen LogP contribution is 2.19. The van der Waals surface area contributed by atoms with Crippen molar-refractivity contribution in [2.24, 2.45) is 0 Å². The van der Waals surface area contributed by atoms with E-state index >= 15 is 0 Å². The summed E-state index contributed by atoms with van der Waals surface area (Å²) in [7, 11) is 0. The molecule has 1 aromatic carbocycles. The number of thiophene rings is 1. The summed E-state index contributed by atoms with van der Waals surface area (Å²) in [6.07, 6.45) is 0.954. The Morgan fingerprint density at radius 1 is 1.32 bits per heavy atom. The Hall–Kier alpha value is -1.88. The van der Waals surface area contributed by atoms with Gasteiger partial charge in [-0.1, -0.05) is 6.92 Å². The van der Waals surface area contributed by atoms with Crippen LogP contribution in [0.15, 0.2) is 30.3 Å². The molecule has 0 spiro atoms. The van der Waals surface area contributed by atoms with Gasteiger partial charge in [-0.05, 0) is 36.8 Å². The van der Waals surface area contributed by atoms with Gasteiger partial charge in [0.25, 0.3) is 0 Å². The largest absolute Gasteiger partial charge is 0.456 e. The van der Waals surface area contributed by atoms with Crippen LogP contribution in [-0.2, 0) is 17.8 Å². The van der Waals surface area contributed by atoms with E-state index < -0.39 is 11.8 Å². The number of hydrogen-bond acceptors (Lipinski definition) is 4. The van der Waals surface area contributed by atoms with E-state index in [-0.39, 0.29) is 17.9 Å². The molecular formula is C14H14FNO2S. The number of hydrogen-bond donors (Lipinski definition) is 1. The van der Waals surface area contributed by atoms with Crippen molar-refractivity contribution in [3.63, 3.8) is 0 Å². The van der Waals surface area contributed by atoms with Gasteiger partial charge in [0, 0.05) is 15.4 Å². The maximum Gasteiger partial charge on any atom is 0.340 e. The van der Waals surface area contributed by atoms with Crippen molar-refractivity contribution in [2.75, 3.05) is 5.73 Å². The molecule has 0 aliphatic carbocycles. The molecule has 2 rings (SSSR count). The van der Waals surface area contributed by atoms with E-state index in [1.165, 1.54) is 17.0 Å². The van der Waals surface area contributed by atoms with Crippen LogP contribution in [0.2, 0.25) is 0 Å². The monoisotopic (exact) mass is 279 g/mol. The number of esters is 1. The lowest BCUT2D eigenvalue weighted by Gasteiger charge is -2.06. The maximum absolute atomic E-state index is 13.1. The SMILES string of the molecule is CCc1ccc(COC(=O)c2cc(F)ccc2N)s1. The van der Waals surface area contributed by atoms with E-state index in [2.05, 4.69) is 6.92 Å². The normalized spacial score (nSPS) is 10.4. The number of carbonyl (C=O) groups is 1. The molecule has 0 bridgehead atoms. The van der Waals surface area contributed by atoms with Crippen LogP contribution >= 0.6 is 11.3 Å². The number of carbonyl (C=O) groups excluding carboxylic acids is 1. The number of aryl methyl sites for hydroxylation is 1. The predicted octanol–water partition coefficient (Wildman–Crippen LogP) is 3.39. The molecule has 0 atom stereocenters. The van der Waals surface area contributed by atoms with Crippen molar-refractivity contribution >= 4 is 23.0 Å². The Morgan fingerprint density at radius 2 is 2.05 bits per heavy atom. The van der Waals surface area contributed by atoms with Gasteiger partial charge >= 0.3 is 5.97 Å². The third-order valence-electron chi connectivity index (χ3n) is 2.65. The van der Waals surface area contributed by atoms with Gasteiger partial charge in [-0.25, -0.2) is 9.18 Å². The molecule has 100 valence electrons. The molecule has 5 heteroatoms. The molecule has 2 N–H and O–H groups in total. The Kier molecular flexibility index (Phi) is 4.16. The summed E-state index contributed by atoms with van der Waals surface area (Å²) in [5, 5.41) is 0. The fourth-order valence-electron chi connectivity index (χ4n) is 1.61. The molecule has 0 aliphatic rings. The van der Waals surface area contributed by atoms with Crippen molar-refractivity contribution in [3.8, 4) is 0 Å². The minimum absolute atomic E-state index is 0.0623. The zero-order valence-electron chi connectivity index (χ0n) is 10.5. The number of anilines is 1. The molecule has 0 saturated carbocycles. The zero-order valence-corrected chi connectivity index (χ0v) is 11.3. The lowest BCUT2D eigenvalue weighted by molar-refractivity contribution is 0.0477. The Balaban J connectivity index is 2.03. The maximum atomic E-state index is 13.1. The van der Waals surface area contributed by atoms with E-state index in [0.717, 1.165) is 17.4 Å². The smallest absolute Gasteiger partial charge is 0.340 e. The fourth-order valence-corrected chi connectivity index (χ4v) is 2.48. The van der Waals surface area contributed by atoms with Crippen molar-refractivity contribution < 1.29 is 13.9 Å². The van der Waals surface area contributed by atoms with Gasteiger partial charge in [0.2, 0.25) is 0 Å². The summed E-state index contributed by atoms with van der Waals surface area (Å²) in [4.78, 5) is 14.0. The van der Waals surface area contributed by atoms with Crippen molar-refractivity contribution in [1.29, 1.82) is 0 Å². The summed E-state index contributed by atoms with van der Waals surface area (Å²) in [6, 6.07) is 7.57. The molecule has 19 heavy (non-hydrogen) atoms. The van der Waals surface area contributed by atoms with Crippen LogP contribution in [0.1, 0.15) is 27.0 Å². The summed E-state index contributed by atoms with van der Waals surface area (Å²) in [5.41, 5.74) is 5.90. The Morgan fingerprint density at radius 3 is 2.74 bits per heavy atom. The third-order valence-corrected chi connectivity index (χ3v) is 3.85. The van der Waals surface area contributed by atoms with Crippen LogP contribution in [0.5, 0.6) is 0 Å². The van der Waals surface area contributed by atoms with Crippen LogP contribution < -0.4 is 5.73 Å². The van der Waals surface area contributed by atoms with E-state index in [9.17, 15) is 9.18 Å². The number of benzene rings is 1. The second-order valence-corrected chi connectivity index (χ2v) is 5.28. The fraction of sp³-hybridized carbons (Fsp3) is 0.214. The average molecular weight is 279 g/mol. The lowest BCUT2D eigenvalue weighted by atomic mass is 10.2. The minimum Gasteiger partial charge on any atom is -0.456 e. The Bertz CT molecular complexity index is 595. The van der Waals surface area contributed by atoms with Gasteiger partial charge in [-0.2, -0.15) is 0 Å².